The van der Waals surface area contributed by atoms with E-state index in [2.05, 4.69) is 40.2 Å². The van der Waals surface area contributed by atoms with E-state index in [1.807, 2.05) is 0 Å². The van der Waals surface area contributed by atoms with E-state index >= 15 is 0 Å². The van der Waals surface area contributed by atoms with Crippen LogP contribution in [0.4, 0.5) is 5.69 Å². The van der Waals surface area contributed by atoms with E-state index in [1.165, 1.54) is 11.3 Å². The van der Waals surface area contributed by atoms with Gasteiger partial charge in [0, 0.05) is 18.8 Å². The lowest BCUT2D eigenvalue weighted by Crippen LogP contribution is -2.45. The fourth-order valence-corrected chi connectivity index (χ4v) is 2.34. The minimum absolute atomic E-state index is 0.433. The standard InChI is InChI=1S/C11H15N3/c1-2-4-9-8(3-1)7-10(14-9)11-12-5-6-13-11/h1-4,10-14H,5-7H2. The van der Waals surface area contributed by atoms with Crippen LogP contribution >= 0.6 is 0 Å². The number of hydrogen-bond acceptors (Lipinski definition) is 3. The first-order valence-electron chi connectivity index (χ1n) is 5.25. The molecule has 3 rings (SSSR count). The number of nitrogens with one attached hydrogen (secondary N) is 3. The fraction of sp³-hybridized carbons (Fsp3) is 0.455. The molecule has 0 bridgehead atoms. The Morgan fingerprint density at radius 2 is 1.86 bits per heavy atom. The molecule has 3 heteroatoms. The summed E-state index contributed by atoms with van der Waals surface area (Å²) < 4.78 is 0. The quantitative estimate of drug-likeness (QED) is 0.603. The van der Waals surface area contributed by atoms with E-state index in [0.717, 1.165) is 19.5 Å². The van der Waals surface area contributed by atoms with Gasteiger partial charge in [-0.3, -0.25) is 10.6 Å². The molecule has 0 aromatic heterocycles. The Labute approximate surface area is 83.9 Å². The molecule has 0 aliphatic carbocycles. The third kappa shape index (κ3) is 1.29. The third-order valence-corrected chi connectivity index (χ3v) is 3.05. The summed E-state index contributed by atoms with van der Waals surface area (Å²) in [4.78, 5) is 0. The maximum absolute atomic E-state index is 3.55. The molecule has 1 atom stereocenters. The van der Waals surface area contributed by atoms with Crippen molar-refractivity contribution in [1.82, 2.24) is 10.6 Å². The number of rotatable bonds is 1. The maximum Gasteiger partial charge on any atom is 0.0783 e. The van der Waals surface area contributed by atoms with Crippen molar-refractivity contribution in [3.05, 3.63) is 29.8 Å². The van der Waals surface area contributed by atoms with Crippen LogP contribution in [-0.4, -0.2) is 25.3 Å². The zero-order chi connectivity index (χ0) is 9.38. The molecule has 3 nitrogen and oxygen atoms in total. The minimum atomic E-state index is 0.433. The van der Waals surface area contributed by atoms with Gasteiger partial charge in [-0.15, -0.1) is 0 Å². The highest BCUT2D eigenvalue weighted by atomic mass is 15.2. The van der Waals surface area contributed by atoms with Gasteiger partial charge in [0.15, 0.2) is 0 Å². The molecule has 0 saturated carbocycles. The van der Waals surface area contributed by atoms with Gasteiger partial charge in [-0.2, -0.15) is 0 Å². The fourth-order valence-electron chi connectivity index (χ4n) is 2.34. The van der Waals surface area contributed by atoms with E-state index in [1.54, 1.807) is 0 Å². The van der Waals surface area contributed by atoms with Crippen LogP contribution in [0.1, 0.15) is 5.56 Å². The van der Waals surface area contributed by atoms with Crippen LogP contribution in [0.5, 0.6) is 0 Å². The van der Waals surface area contributed by atoms with E-state index in [4.69, 9.17) is 0 Å². The molecule has 1 aromatic carbocycles. The summed E-state index contributed by atoms with van der Waals surface area (Å²) in [5.41, 5.74) is 2.74. The summed E-state index contributed by atoms with van der Waals surface area (Å²) in [5.74, 6) is 0. The van der Waals surface area contributed by atoms with Gasteiger partial charge in [0.2, 0.25) is 0 Å². The Bertz CT molecular complexity index is 306. The van der Waals surface area contributed by atoms with Gasteiger partial charge < -0.3 is 5.32 Å². The van der Waals surface area contributed by atoms with Crippen molar-refractivity contribution in [2.24, 2.45) is 0 Å². The molecule has 0 radical (unpaired) electrons. The number of fused-ring (bicyclic) bond motifs is 1. The highest BCUT2D eigenvalue weighted by molar-refractivity contribution is 5.57. The zero-order valence-corrected chi connectivity index (χ0v) is 8.09. The SMILES string of the molecule is c1ccc2c(c1)CC(C1NCCN1)N2. The topological polar surface area (TPSA) is 36.1 Å². The monoisotopic (exact) mass is 189 g/mol. The van der Waals surface area contributed by atoms with E-state index in [0.29, 0.717) is 12.2 Å². The molecule has 1 saturated heterocycles. The summed E-state index contributed by atoms with van der Waals surface area (Å²) in [6.45, 7) is 2.17. The normalized spacial score (nSPS) is 26.1. The maximum atomic E-state index is 3.55. The van der Waals surface area contributed by atoms with Crippen molar-refractivity contribution < 1.29 is 0 Å². The van der Waals surface area contributed by atoms with Crippen LogP contribution in [0.25, 0.3) is 0 Å². The first kappa shape index (κ1) is 8.26. The van der Waals surface area contributed by atoms with Crippen molar-refractivity contribution in [3.8, 4) is 0 Å². The molecule has 1 fully saturated rings. The number of hydrogen-bond donors (Lipinski definition) is 3. The molecule has 0 amide bonds. The number of anilines is 1. The van der Waals surface area contributed by atoms with E-state index < -0.39 is 0 Å². The molecule has 14 heavy (non-hydrogen) atoms. The molecule has 74 valence electrons. The molecule has 0 spiro atoms. The van der Waals surface area contributed by atoms with Crippen LogP contribution in [0.15, 0.2) is 24.3 Å². The van der Waals surface area contributed by atoms with E-state index in [-0.39, 0.29) is 0 Å². The Hall–Kier alpha value is -1.06. The van der Waals surface area contributed by atoms with Gasteiger partial charge in [-0.05, 0) is 18.1 Å². The molecule has 3 N–H and O–H groups in total. The lowest BCUT2D eigenvalue weighted by atomic mass is 10.1. The van der Waals surface area contributed by atoms with Crippen LogP contribution < -0.4 is 16.0 Å². The highest BCUT2D eigenvalue weighted by Crippen LogP contribution is 2.26. The summed E-state index contributed by atoms with van der Waals surface area (Å²) in [6.07, 6.45) is 1.56. The summed E-state index contributed by atoms with van der Waals surface area (Å²) in [7, 11) is 0. The van der Waals surface area contributed by atoms with Gasteiger partial charge in [0.05, 0.1) is 12.2 Å². The number of benzene rings is 1. The molecule has 2 aliphatic rings. The number of para-hydroxylation sites is 1. The van der Waals surface area contributed by atoms with Crippen molar-refractivity contribution >= 4 is 5.69 Å². The molecule has 2 heterocycles. The molecular weight excluding hydrogens is 174 g/mol. The van der Waals surface area contributed by atoms with Crippen LogP contribution in [-0.2, 0) is 6.42 Å². The Morgan fingerprint density at radius 1 is 1.07 bits per heavy atom. The van der Waals surface area contributed by atoms with Crippen molar-refractivity contribution in [2.75, 3.05) is 18.4 Å². The van der Waals surface area contributed by atoms with Gasteiger partial charge >= 0.3 is 0 Å². The van der Waals surface area contributed by atoms with Gasteiger partial charge in [0.1, 0.15) is 0 Å². The second-order valence-electron chi connectivity index (χ2n) is 4.00. The third-order valence-electron chi connectivity index (χ3n) is 3.05. The molecular formula is C11H15N3. The first-order chi connectivity index (χ1) is 6.93. The molecule has 1 aromatic rings. The molecule has 1 unspecified atom stereocenters. The Kier molecular flexibility index (Phi) is 1.92. The van der Waals surface area contributed by atoms with E-state index in [9.17, 15) is 0 Å². The smallest absolute Gasteiger partial charge is 0.0783 e. The summed E-state index contributed by atoms with van der Waals surface area (Å²) in [5, 5.41) is 10.5. The predicted molar refractivity (Wildman–Crippen MR) is 57.4 cm³/mol. The lowest BCUT2D eigenvalue weighted by Gasteiger charge is -2.19. The summed E-state index contributed by atoms with van der Waals surface area (Å²) in [6, 6.07) is 9.07. The van der Waals surface area contributed by atoms with Crippen LogP contribution in [0.2, 0.25) is 0 Å². The van der Waals surface area contributed by atoms with Crippen LogP contribution in [0, 0.1) is 0 Å². The minimum Gasteiger partial charge on any atom is -0.379 e. The van der Waals surface area contributed by atoms with Gasteiger partial charge in [-0.25, -0.2) is 0 Å². The van der Waals surface area contributed by atoms with Gasteiger partial charge in [-0.1, -0.05) is 18.2 Å². The zero-order valence-electron chi connectivity index (χ0n) is 8.09. The van der Waals surface area contributed by atoms with Crippen LogP contribution in [0.3, 0.4) is 0 Å². The second kappa shape index (κ2) is 3.26. The Morgan fingerprint density at radius 3 is 2.64 bits per heavy atom. The summed E-state index contributed by atoms with van der Waals surface area (Å²) >= 11 is 0. The average Bonchev–Trinajstić information content (AvgIpc) is 2.86. The highest BCUT2D eigenvalue weighted by Gasteiger charge is 2.29. The first-order valence-corrected chi connectivity index (χ1v) is 5.25. The van der Waals surface area contributed by atoms with Crippen molar-refractivity contribution in [1.29, 1.82) is 0 Å². The molecule has 2 aliphatic heterocycles. The Balaban J connectivity index is 1.77. The predicted octanol–water partition coefficient (Wildman–Crippen LogP) is 0.542. The largest absolute Gasteiger partial charge is 0.379 e. The lowest BCUT2D eigenvalue weighted by molar-refractivity contribution is 0.480. The van der Waals surface area contributed by atoms with Crippen molar-refractivity contribution in [3.63, 3.8) is 0 Å². The second-order valence-corrected chi connectivity index (χ2v) is 4.00. The van der Waals surface area contributed by atoms with Gasteiger partial charge in [0.25, 0.3) is 0 Å². The van der Waals surface area contributed by atoms with Crippen molar-refractivity contribution in [2.45, 2.75) is 18.6 Å². The average molecular weight is 189 g/mol.